The zero-order valence-corrected chi connectivity index (χ0v) is 16.0. The van der Waals surface area contributed by atoms with Crippen molar-refractivity contribution in [3.05, 3.63) is 76.7 Å². The third kappa shape index (κ3) is 3.09. The van der Waals surface area contributed by atoms with Gasteiger partial charge in [0.15, 0.2) is 0 Å². The van der Waals surface area contributed by atoms with Gasteiger partial charge < -0.3 is 5.11 Å². The molecule has 0 unspecified atom stereocenters. The summed E-state index contributed by atoms with van der Waals surface area (Å²) in [5, 5.41) is 10.1. The van der Waals surface area contributed by atoms with Crippen LogP contribution >= 0.6 is 0 Å². The number of hydrogen-bond acceptors (Lipinski definition) is 2. The van der Waals surface area contributed by atoms with Crippen molar-refractivity contribution in [3.8, 4) is 22.4 Å². The number of carboxylic acid groups (broad SMARTS) is 1. The van der Waals surface area contributed by atoms with Crippen molar-refractivity contribution in [3.63, 3.8) is 0 Å². The molecule has 0 spiro atoms. The summed E-state index contributed by atoms with van der Waals surface area (Å²) in [5.74, 6) is -1.38. The lowest BCUT2D eigenvalue weighted by molar-refractivity contribution is 0.0695. The first-order chi connectivity index (χ1) is 13.5. The van der Waals surface area contributed by atoms with Crippen molar-refractivity contribution in [2.45, 2.75) is 39.0 Å². The molecule has 0 bridgehead atoms. The predicted molar refractivity (Wildman–Crippen MR) is 108 cm³/mol. The smallest absolute Gasteiger partial charge is 0.338 e. The maximum atomic E-state index is 13.5. The average molecular weight is 375 g/mol. The summed E-state index contributed by atoms with van der Waals surface area (Å²) in [7, 11) is 0. The minimum absolute atomic E-state index is 0.0500. The molecule has 3 aromatic rings. The first kappa shape index (κ1) is 18.4. The van der Waals surface area contributed by atoms with Crippen LogP contribution in [-0.2, 0) is 12.8 Å². The zero-order valence-electron chi connectivity index (χ0n) is 16.0. The number of halogens is 1. The van der Waals surface area contributed by atoms with Crippen LogP contribution in [0.5, 0.6) is 0 Å². The van der Waals surface area contributed by atoms with E-state index in [4.69, 9.17) is 4.98 Å². The van der Waals surface area contributed by atoms with E-state index >= 15 is 0 Å². The van der Waals surface area contributed by atoms with Crippen LogP contribution in [0.15, 0.2) is 48.5 Å². The van der Waals surface area contributed by atoms with Crippen LogP contribution in [0.1, 0.15) is 53.4 Å². The van der Waals surface area contributed by atoms with Crippen molar-refractivity contribution < 1.29 is 14.3 Å². The highest BCUT2D eigenvalue weighted by Crippen LogP contribution is 2.41. The van der Waals surface area contributed by atoms with E-state index in [9.17, 15) is 14.3 Å². The number of hydrogen-bond donors (Lipinski definition) is 1. The van der Waals surface area contributed by atoms with Crippen LogP contribution in [0.3, 0.4) is 0 Å². The molecule has 0 fully saturated rings. The Bertz CT molecular complexity index is 1050. The lowest BCUT2D eigenvalue weighted by Crippen LogP contribution is -2.13. The molecule has 1 aliphatic carbocycles. The highest BCUT2D eigenvalue weighted by Gasteiger charge is 2.28. The van der Waals surface area contributed by atoms with Crippen LogP contribution in [0.4, 0.5) is 4.39 Å². The van der Waals surface area contributed by atoms with Gasteiger partial charge in [0.05, 0.1) is 17.0 Å². The molecule has 0 amide bonds. The summed E-state index contributed by atoms with van der Waals surface area (Å²) in [6.45, 7) is 3.91. The van der Waals surface area contributed by atoms with E-state index in [-0.39, 0.29) is 17.3 Å². The van der Waals surface area contributed by atoms with Crippen LogP contribution in [0.2, 0.25) is 0 Å². The molecule has 0 atom stereocenters. The molecule has 142 valence electrons. The Morgan fingerprint density at radius 2 is 1.79 bits per heavy atom. The molecule has 4 rings (SSSR count). The molecule has 1 aromatic heterocycles. The van der Waals surface area contributed by atoms with E-state index in [2.05, 4.69) is 12.1 Å². The van der Waals surface area contributed by atoms with Crippen LogP contribution in [-0.4, -0.2) is 16.1 Å². The first-order valence-corrected chi connectivity index (χ1v) is 9.61. The van der Waals surface area contributed by atoms with Gasteiger partial charge in [0.2, 0.25) is 0 Å². The summed E-state index contributed by atoms with van der Waals surface area (Å²) in [4.78, 5) is 17.2. The molecule has 1 heterocycles. The topological polar surface area (TPSA) is 50.2 Å². The summed E-state index contributed by atoms with van der Waals surface area (Å²) in [6.07, 6.45) is 2.58. The lowest BCUT2D eigenvalue weighted by atomic mass is 9.87. The number of aromatic nitrogens is 1. The second kappa shape index (κ2) is 7.19. The van der Waals surface area contributed by atoms with E-state index < -0.39 is 5.97 Å². The molecule has 2 aromatic carbocycles. The molecular formula is C24H22FNO2. The standard InChI is InChI=1S/C24H22FNO2/c1-14(2)22-21(24(27)28)20(16-10-12-17(25)13-11-16)19-9-5-7-15-6-3-4-8-18(15)23(19)26-22/h3-4,6,8,10-14H,5,7,9H2,1-2H3,(H,27,28). The maximum absolute atomic E-state index is 13.5. The summed E-state index contributed by atoms with van der Waals surface area (Å²) >= 11 is 0. The Balaban J connectivity index is 2.13. The minimum Gasteiger partial charge on any atom is -0.478 e. The fraction of sp³-hybridized carbons (Fsp3) is 0.250. The van der Waals surface area contributed by atoms with Gasteiger partial charge in [-0.3, -0.25) is 4.98 Å². The molecule has 1 N–H and O–H groups in total. The molecule has 0 saturated carbocycles. The largest absolute Gasteiger partial charge is 0.478 e. The van der Waals surface area contributed by atoms with Gasteiger partial charge in [-0.2, -0.15) is 0 Å². The fourth-order valence-corrected chi connectivity index (χ4v) is 4.10. The normalized spacial score (nSPS) is 13.0. The van der Waals surface area contributed by atoms with Gasteiger partial charge in [0, 0.05) is 11.1 Å². The van der Waals surface area contributed by atoms with Crippen LogP contribution in [0.25, 0.3) is 22.4 Å². The molecule has 4 heteroatoms. The molecule has 1 aliphatic rings. The number of aromatic carboxylic acids is 1. The Kier molecular flexibility index (Phi) is 4.71. The van der Waals surface area contributed by atoms with Crippen molar-refractivity contribution in [2.75, 3.05) is 0 Å². The van der Waals surface area contributed by atoms with Gasteiger partial charge in [0.25, 0.3) is 0 Å². The number of carbonyl (C=O) groups is 1. The zero-order chi connectivity index (χ0) is 19.8. The quantitative estimate of drug-likeness (QED) is 0.623. The first-order valence-electron chi connectivity index (χ1n) is 9.61. The third-order valence-corrected chi connectivity index (χ3v) is 5.37. The third-order valence-electron chi connectivity index (χ3n) is 5.37. The number of carboxylic acids is 1. The number of benzene rings is 2. The Labute approximate surface area is 163 Å². The van der Waals surface area contributed by atoms with E-state index in [1.54, 1.807) is 12.1 Å². The summed E-state index contributed by atoms with van der Waals surface area (Å²) in [5.41, 5.74) is 6.31. The van der Waals surface area contributed by atoms with Gasteiger partial charge >= 0.3 is 5.97 Å². The molecular weight excluding hydrogens is 353 g/mol. The molecule has 0 aliphatic heterocycles. The van der Waals surface area contributed by atoms with E-state index in [1.807, 2.05) is 26.0 Å². The number of rotatable bonds is 3. The SMILES string of the molecule is CC(C)c1nc2c(c(-c3ccc(F)cc3)c1C(=O)O)CCCc1ccccc1-2. The number of fused-ring (bicyclic) bond motifs is 3. The number of nitrogens with zero attached hydrogens (tertiary/aromatic N) is 1. The van der Waals surface area contributed by atoms with Crippen LogP contribution in [0, 0.1) is 5.82 Å². The van der Waals surface area contributed by atoms with E-state index in [1.165, 1.54) is 17.7 Å². The second-order valence-corrected chi connectivity index (χ2v) is 7.55. The molecule has 3 nitrogen and oxygen atoms in total. The Morgan fingerprint density at radius 3 is 2.46 bits per heavy atom. The van der Waals surface area contributed by atoms with Crippen molar-refractivity contribution in [2.24, 2.45) is 0 Å². The predicted octanol–water partition coefficient (Wildman–Crippen LogP) is 5.87. The maximum Gasteiger partial charge on any atom is 0.338 e. The van der Waals surface area contributed by atoms with E-state index in [0.717, 1.165) is 41.6 Å². The van der Waals surface area contributed by atoms with Gasteiger partial charge in [-0.1, -0.05) is 50.2 Å². The fourth-order valence-electron chi connectivity index (χ4n) is 4.10. The van der Waals surface area contributed by atoms with Crippen molar-refractivity contribution >= 4 is 5.97 Å². The van der Waals surface area contributed by atoms with Crippen molar-refractivity contribution in [1.82, 2.24) is 4.98 Å². The Morgan fingerprint density at radius 1 is 1.07 bits per heavy atom. The summed E-state index contributed by atoms with van der Waals surface area (Å²) < 4.78 is 13.5. The molecule has 0 radical (unpaired) electrons. The summed E-state index contributed by atoms with van der Waals surface area (Å²) in [6, 6.07) is 14.3. The Hall–Kier alpha value is -3.01. The van der Waals surface area contributed by atoms with Gasteiger partial charge in [-0.05, 0) is 54.0 Å². The average Bonchev–Trinajstić information content (AvgIpc) is 2.86. The number of pyridine rings is 1. The highest BCUT2D eigenvalue weighted by atomic mass is 19.1. The monoisotopic (exact) mass is 375 g/mol. The van der Waals surface area contributed by atoms with Gasteiger partial charge in [-0.25, -0.2) is 9.18 Å². The van der Waals surface area contributed by atoms with E-state index in [0.29, 0.717) is 11.3 Å². The van der Waals surface area contributed by atoms with Gasteiger partial charge in [0.1, 0.15) is 5.82 Å². The lowest BCUT2D eigenvalue weighted by Gasteiger charge is -2.21. The van der Waals surface area contributed by atoms with Crippen LogP contribution < -0.4 is 0 Å². The highest BCUT2D eigenvalue weighted by molar-refractivity contribution is 6.00. The molecule has 0 saturated heterocycles. The number of aryl methyl sites for hydroxylation is 1. The van der Waals surface area contributed by atoms with Crippen molar-refractivity contribution in [1.29, 1.82) is 0 Å². The molecule has 28 heavy (non-hydrogen) atoms. The second-order valence-electron chi connectivity index (χ2n) is 7.55. The minimum atomic E-state index is -0.990. The van der Waals surface area contributed by atoms with Gasteiger partial charge in [-0.15, -0.1) is 0 Å².